The Morgan fingerprint density at radius 3 is 1.81 bits per heavy atom. The van der Waals surface area contributed by atoms with Gasteiger partial charge in [0.05, 0.1) is 16.8 Å². The molecular weight excluding hydrogens is 719 g/mol. The predicted octanol–water partition coefficient (Wildman–Crippen LogP) is 13.6. The molecule has 3 heterocycles. The van der Waals surface area contributed by atoms with Crippen LogP contribution in [-0.2, 0) is 5.41 Å². The minimum absolute atomic E-state index is 0.601. The lowest BCUT2D eigenvalue weighted by molar-refractivity contribution is 0.436. The molecule has 0 saturated heterocycles. The van der Waals surface area contributed by atoms with Gasteiger partial charge >= 0.3 is 0 Å². The quantitative estimate of drug-likeness (QED) is 0.175. The van der Waals surface area contributed by atoms with Crippen molar-refractivity contribution in [3.05, 3.63) is 221 Å². The molecule has 0 radical (unpaired) electrons. The van der Waals surface area contributed by atoms with Crippen LogP contribution in [0.1, 0.15) is 39.3 Å². The van der Waals surface area contributed by atoms with Gasteiger partial charge in [-0.1, -0.05) is 140 Å². The maximum Gasteiger partial charge on any atom is 0.132 e. The fraction of sp³-hybridized carbons (Fsp3) is 0.0727. The summed E-state index contributed by atoms with van der Waals surface area (Å²) in [5.74, 6) is 2.47. The van der Waals surface area contributed by atoms with E-state index in [0.717, 1.165) is 90.0 Å². The van der Waals surface area contributed by atoms with Crippen molar-refractivity contribution >= 4 is 0 Å². The van der Waals surface area contributed by atoms with Crippen molar-refractivity contribution in [2.24, 2.45) is 0 Å². The molecule has 1 aliphatic heterocycles. The van der Waals surface area contributed by atoms with E-state index >= 15 is 0 Å². The Labute approximate surface area is 344 Å². The first-order chi connectivity index (χ1) is 29.0. The van der Waals surface area contributed by atoms with Crippen LogP contribution >= 0.6 is 0 Å². The summed E-state index contributed by atoms with van der Waals surface area (Å²) in [5.41, 5.74) is 19.6. The molecule has 1 spiro atoms. The van der Waals surface area contributed by atoms with Gasteiger partial charge < -0.3 is 4.74 Å². The topological polar surface area (TPSA) is 47.9 Å². The summed E-state index contributed by atoms with van der Waals surface area (Å²) in [7, 11) is 0. The summed E-state index contributed by atoms with van der Waals surface area (Å²) in [5, 5.41) is 0. The van der Waals surface area contributed by atoms with Crippen LogP contribution in [0, 0.1) is 20.8 Å². The average molecular weight is 758 g/mol. The van der Waals surface area contributed by atoms with Crippen LogP contribution in [0.5, 0.6) is 11.5 Å². The molecule has 0 bridgehead atoms. The molecule has 0 saturated carbocycles. The second-order valence-electron chi connectivity index (χ2n) is 15.7. The van der Waals surface area contributed by atoms with E-state index in [-0.39, 0.29) is 0 Å². The second-order valence-corrected chi connectivity index (χ2v) is 15.7. The Kier molecular flexibility index (Phi) is 8.02. The lowest BCUT2D eigenvalue weighted by Crippen LogP contribution is -2.32. The highest BCUT2D eigenvalue weighted by molar-refractivity contribution is 5.92. The zero-order chi connectivity index (χ0) is 39.7. The van der Waals surface area contributed by atoms with Crippen molar-refractivity contribution < 1.29 is 4.74 Å². The van der Waals surface area contributed by atoms with Gasteiger partial charge in [-0.2, -0.15) is 0 Å². The average Bonchev–Trinajstić information content (AvgIpc) is 3.56. The van der Waals surface area contributed by atoms with Gasteiger partial charge in [0.15, 0.2) is 0 Å². The summed E-state index contributed by atoms with van der Waals surface area (Å²) in [6.45, 7) is 6.17. The maximum atomic E-state index is 6.76. The zero-order valence-corrected chi connectivity index (χ0v) is 33.1. The Hall–Kier alpha value is -7.43. The number of ether oxygens (including phenoxy) is 1. The Morgan fingerprint density at radius 2 is 1.00 bits per heavy atom. The van der Waals surface area contributed by atoms with Gasteiger partial charge in [-0.25, -0.2) is 9.97 Å². The van der Waals surface area contributed by atoms with Crippen LogP contribution in [0.3, 0.4) is 0 Å². The lowest BCUT2D eigenvalue weighted by atomic mass is 9.65. The van der Waals surface area contributed by atoms with E-state index in [2.05, 4.69) is 188 Å². The minimum Gasteiger partial charge on any atom is -0.457 e. The minimum atomic E-state index is -0.601. The summed E-state index contributed by atoms with van der Waals surface area (Å²) < 4.78 is 6.76. The number of rotatable bonds is 5. The van der Waals surface area contributed by atoms with Gasteiger partial charge in [0.2, 0.25) is 0 Å². The number of hydrogen-bond acceptors (Lipinski definition) is 4. The summed E-state index contributed by atoms with van der Waals surface area (Å²) in [4.78, 5) is 14.6. The third-order valence-electron chi connectivity index (χ3n) is 12.1. The van der Waals surface area contributed by atoms with Gasteiger partial charge in [-0.05, 0) is 113 Å². The number of para-hydroxylation sites is 1. The molecule has 1 unspecified atom stereocenters. The molecule has 2 aliphatic rings. The Morgan fingerprint density at radius 1 is 0.390 bits per heavy atom. The largest absolute Gasteiger partial charge is 0.457 e. The predicted molar refractivity (Wildman–Crippen MR) is 239 cm³/mol. The fourth-order valence-electron chi connectivity index (χ4n) is 9.51. The number of nitrogens with zero attached hydrogens (tertiary/aromatic N) is 3. The molecule has 1 aliphatic carbocycles. The van der Waals surface area contributed by atoms with Gasteiger partial charge in [0.25, 0.3) is 0 Å². The van der Waals surface area contributed by atoms with Crippen LogP contribution < -0.4 is 4.74 Å². The van der Waals surface area contributed by atoms with E-state index in [0.29, 0.717) is 0 Å². The molecule has 280 valence electrons. The van der Waals surface area contributed by atoms with E-state index in [1.807, 2.05) is 20.0 Å². The zero-order valence-electron chi connectivity index (χ0n) is 33.1. The number of aromatic nitrogens is 3. The van der Waals surface area contributed by atoms with Crippen molar-refractivity contribution in [1.29, 1.82) is 0 Å². The number of fused-ring (bicyclic) bond motifs is 9. The van der Waals surface area contributed by atoms with Gasteiger partial charge in [-0.15, -0.1) is 0 Å². The lowest BCUT2D eigenvalue weighted by Gasteiger charge is -2.39. The maximum absolute atomic E-state index is 6.76. The third kappa shape index (κ3) is 5.55. The summed E-state index contributed by atoms with van der Waals surface area (Å²) >= 11 is 0. The molecular formula is C55H39N3O. The number of benzene rings is 7. The number of hydrogen-bond donors (Lipinski definition) is 0. The Balaban J connectivity index is 1.07. The molecule has 11 rings (SSSR count). The molecule has 59 heavy (non-hydrogen) atoms. The third-order valence-corrected chi connectivity index (χ3v) is 12.1. The van der Waals surface area contributed by atoms with Crippen molar-refractivity contribution in [2.45, 2.75) is 26.2 Å². The highest BCUT2D eigenvalue weighted by atomic mass is 16.5. The molecule has 0 fully saturated rings. The first-order valence-corrected chi connectivity index (χ1v) is 20.2. The molecule has 0 amide bonds. The van der Waals surface area contributed by atoms with Crippen molar-refractivity contribution in [1.82, 2.24) is 15.0 Å². The molecule has 0 N–H and O–H groups in total. The fourth-order valence-corrected chi connectivity index (χ4v) is 9.51. The van der Waals surface area contributed by atoms with Crippen LogP contribution in [0.15, 0.2) is 182 Å². The first kappa shape index (κ1) is 34.8. The SMILES string of the molecule is Cc1cc(C)c(-c2ccc(-c3ccc4c(c3)C3(c5ccccc5O4)c4ccccc4-c4cc(-c5cc(-c6ccccc6-c6ccccc6)nc(C)n5)ccc43)cc2)cn1. The molecule has 4 heteroatoms. The highest BCUT2D eigenvalue weighted by Crippen LogP contribution is 2.62. The van der Waals surface area contributed by atoms with Crippen LogP contribution in [0.25, 0.3) is 67.0 Å². The number of pyridine rings is 1. The van der Waals surface area contributed by atoms with E-state index in [1.54, 1.807) is 0 Å². The van der Waals surface area contributed by atoms with E-state index < -0.39 is 5.41 Å². The molecule has 4 nitrogen and oxygen atoms in total. The highest BCUT2D eigenvalue weighted by Gasteiger charge is 2.51. The smallest absolute Gasteiger partial charge is 0.132 e. The normalized spacial score (nSPS) is 14.6. The molecule has 2 aromatic heterocycles. The summed E-state index contributed by atoms with van der Waals surface area (Å²) in [6.07, 6.45) is 1.98. The molecule has 1 atom stereocenters. The first-order valence-electron chi connectivity index (χ1n) is 20.2. The molecule has 7 aromatic carbocycles. The molecule has 9 aromatic rings. The van der Waals surface area contributed by atoms with Crippen LogP contribution in [0.2, 0.25) is 0 Å². The summed E-state index contributed by atoms with van der Waals surface area (Å²) in [6, 6.07) is 63.1. The van der Waals surface area contributed by atoms with Crippen molar-refractivity contribution in [3.8, 4) is 78.5 Å². The number of aryl methyl sites for hydroxylation is 3. The van der Waals surface area contributed by atoms with E-state index in [9.17, 15) is 0 Å². The van der Waals surface area contributed by atoms with Gasteiger partial charge in [-0.3, -0.25) is 4.98 Å². The van der Waals surface area contributed by atoms with E-state index in [4.69, 9.17) is 14.7 Å². The van der Waals surface area contributed by atoms with Crippen LogP contribution in [0.4, 0.5) is 0 Å². The monoisotopic (exact) mass is 757 g/mol. The van der Waals surface area contributed by atoms with Crippen molar-refractivity contribution in [2.75, 3.05) is 0 Å². The van der Waals surface area contributed by atoms with E-state index in [1.165, 1.54) is 27.8 Å². The Bertz CT molecular complexity index is 3110. The van der Waals surface area contributed by atoms with Gasteiger partial charge in [0, 0.05) is 39.7 Å². The second kappa shape index (κ2) is 13.6. The van der Waals surface area contributed by atoms with Gasteiger partial charge in [0.1, 0.15) is 17.3 Å². The van der Waals surface area contributed by atoms with Crippen molar-refractivity contribution in [3.63, 3.8) is 0 Å². The standard InChI is InChI=1S/C55H39N3O/c1-34-29-35(2)56-33-46(34)39-23-21-37(22-24-39)40-26-28-54-50(31-40)55(49-19-11-12-20-53(49)59-54)47-18-10-9-16-43(47)45-30-41(25-27-48(45)55)51-32-52(58-36(3)57-51)44-17-8-7-15-42(44)38-13-5-4-6-14-38/h4-33H,1-3H3. The van der Waals surface area contributed by atoms with Crippen LogP contribution in [-0.4, -0.2) is 15.0 Å².